The van der Waals surface area contributed by atoms with Crippen molar-refractivity contribution < 1.29 is 14.5 Å². The summed E-state index contributed by atoms with van der Waals surface area (Å²) >= 11 is 0. The zero-order valence-electron chi connectivity index (χ0n) is 12.0. The lowest BCUT2D eigenvalue weighted by Gasteiger charge is -2.11. The van der Waals surface area contributed by atoms with Gasteiger partial charge >= 0.3 is 5.69 Å². The highest BCUT2D eigenvalue weighted by atomic mass is 16.6. The van der Waals surface area contributed by atoms with E-state index in [0.29, 0.717) is 16.9 Å². The first-order valence-electron chi connectivity index (χ1n) is 6.33. The van der Waals surface area contributed by atoms with Gasteiger partial charge in [0.15, 0.2) is 5.75 Å². The number of rotatable bonds is 4. The van der Waals surface area contributed by atoms with Crippen molar-refractivity contribution >= 4 is 23.0 Å². The van der Waals surface area contributed by atoms with Crippen molar-refractivity contribution in [2.75, 3.05) is 11.1 Å². The molecule has 0 spiro atoms. The minimum absolute atomic E-state index is 0.160. The molecule has 0 fully saturated rings. The second kappa shape index (κ2) is 6.08. The quantitative estimate of drug-likeness (QED) is 0.509. The number of ether oxygens (including phenoxy) is 1. The van der Waals surface area contributed by atoms with E-state index >= 15 is 0 Å². The Morgan fingerprint density at radius 2 is 2.14 bits per heavy atom. The third-order valence-electron chi connectivity index (χ3n) is 2.69. The molecule has 1 aromatic carbocycles. The molecule has 1 amide bonds. The second-order valence-corrected chi connectivity index (χ2v) is 4.63. The lowest BCUT2D eigenvalue weighted by Crippen LogP contribution is -2.08. The van der Waals surface area contributed by atoms with Crippen molar-refractivity contribution in [2.45, 2.75) is 13.8 Å². The number of anilines is 2. The highest BCUT2D eigenvalue weighted by Crippen LogP contribution is 2.34. The Labute approximate surface area is 126 Å². The van der Waals surface area contributed by atoms with Crippen LogP contribution < -0.4 is 15.8 Å². The molecule has 0 bridgehead atoms. The van der Waals surface area contributed by atoms with Crippen molar-refractivity contribution in [3.8, 4) is 11.6 Å². The van der Waals surface area contributed by atoms with E-state index in [1.165, 1.54) is 31.3 Å². The van der Waals surface area contributed by atoms with E-state index in [0.717, 1.165) is 0 Å². The van der Waals surface area contributed by atoms with Gasteiger partial charge in [0.25, 0.3) is 5.88 Å². The normalized spacial score (nSPS) is 10.1. The van der Waals surface area contributed by atoms with E-state index in [2.05, 4.69) is 10.3 Å². The number of nitro groups is 1. The van der Waals surface area contributed by atoms with Gasteiger partial charge in [-0.3, -0.25) is 14.9 Å². The summed E-state index contributed by atoms with van der Waals surface area (Å²) in [5.74, 6) is -0.266. The third kappa shape index (κ3) is 3.48. The lowest BCUT2D eigenvalue weighted by atomic mass is 10.2. The molecule has 0 atom stereocenters. The maximum atomic E-state index is 11.2. The fourth-order valence-electron chi connectivity index (χ4n) is 1.78. The predicted octanol–water partition coefficient (Wildman–Crippen LogP) is 2.63. The lowest BCUT2D eigenvalue weighted by molar-refractivity contribution is -0.386. The van der Waals surface area contributed by atoms with Gasteiger partial charge in [0.2, 0.25) is 5.91 Å². The molecule has 114 valence electrons. The number of nitrogens with zero attached hydrogens (tertiary/aromatic N) is 2. The molecule has 8 nitrogen and oxygen atoms in total. The van der Waals surface area contributed by atoms with Gasteiger partial charge < -0.3 is 15.8 Å². The Morgan fingerprint density at radius 3 is 2.77 bits per heavy atom. The molecule has 0 aliphatic rings. The predicted molar refractivity (Wildman–Crippen MR) is 80.9 cm³/mol. The third-order valence-corrected chi connectivity index (χ3v) is 2.69. The number of nitrogens with two attached hydrogens (primary N) is 1. The maximum absolute atomic E-state index is 11.2. The minimum atomic E-state index is -0.579. The van der Waals surface area contributed by atoms with Gasteiger partial charge in [0, 0.05) is 24.9 Å². The molecule has 1 aromatic heterocycles. The Bertz CT molecular complexity index is 746. The summed E-state index contributed by atoms with van der Waals surface area (Å²) in [4.78, 5) is 25.6. The largest absolute Gasteiger partial charge is 0.431 e. The number of carbonyl (C=O) groups excluding carboxylic acids is 1. The Balaban J connectivity index is 2.43. The molecule has 2 rings (SSSR count). The zero-order valence-corrected chi connectivity index (χ0v) is 12.0. The molecule has 0 aliphatic carbocycles. The highest BCUT2D eigenvalue weighted by molar-refractivity contribution is 5.91. The number of nitrogen functional groups attached to an aromatic ring is 1. The van der Waals surface area contributed by atoms with Gasteiger partial charge in [-0.05, 0) is 30.7 Å². The molecule has 0 unspecified atom stereocenters. The summed E-state index contributed by atoms with van der Waals surface area (Å²) in [7, 11) is 0. The highest BCUT2D eigenvalue weighted by Gasteiger charge is 2.19. The van der Waals surface area contributed by atoms with Crippen LogP contribution in [0.25, 0.3) is 0 Å². The van der Waals surface area contributed by atoms with Gasteiger partial charge in [-0.2, -0.15) is 0 Å². The first-order valence-corrected chi connectivity index (χ1v) is 6.33. The van der Waals surface area contributed by atoms with Crippen molar-refractivity contribution in [1.29, 1.82) is 0 Å². The summed E-state index contributed by atoms with van der Waals surface area (Å²) in [6.07, 6.45) is 1.46. The van der Waals surface area contributed by atoms with Crippen molar-refractivity contribution in [2.24, 2.45) is 0 Å². The van der Waals surface area contributed by atoms with Crippen LogP contribution in [-0.2, 0) is 4.79 Å². The second-order valence-electron chi connectivity index (χ2n) is 4.63. The fraction of sp³-hybridized carbons (Fsp3) is 0.143. The molecule has 0 saturated carbocycles. The van der Waals surface area contributed by atoms with Crippen molar-refractivity contribution in [3.05, 3.63) is 46.1 Å². The number of pyridine rings is 1. The molecule has 1 heterocycles. The Kier molecular flexibility index (Phi) is 4.21. The van der Waals surface area contributed by atoms with Gasteiger partial charge in [0.05, 0.1) is 10.6 Å². The van der Waals surface area contributed by atoms with Gasteiger partial charge in [-0.15, -0.1) is 0 Å². The topological polar surface area (TPSA) is 120 Å². The van der Waals surface area contributed by atoms with Crippen LogP contribution in [-0.4, -0.2) is 15.8 Å². The number of hydrogen-bond donors (Lipinski definition) is 2. The molecular formula is C14H14N4O4. The SMILES string of the molecule is CC(=O)Nc1cc(N)ccc1Oc1ncc(C)cc1[N+](=O)[O-]. The van der Waals surface area contributed by atoms with E-state index in [1.807, 2.05) is 0 Å². The first kappa shape index (κ1) is 15.2. The van der Waals surface area contributed by atoms with Crippen LogP contribution >= 0.6 is 0 Å². The van der Waals surface area contributed by atoms with Crippen LogP contribution in [0.2, 0.25) is 0 Å². The summed E-state index contributed by atoms with van der Waals surface area (Å²) in [6, 6.07) is 5.92. The maximum Gasteiger partial charge on any atom is 0.331 e. The monoisotopic (exact) mass is 302 g/mol. The summed E-state index contributed by atoms with van der Waals surface area (Å²) in [5.41, 5.74) is 6.77. The number of aryl methyl sites for hydroxylation is 1. The summed E-state index contributed by atoms with van der Waals surface area (Å²) in [5, 5.41) is 13.6. The molecule has 0 saturated heterocycles. The van der Waals surface area contributed by atoms with Gasteiger partial charge in [-0.1, -0.05) is 0 Å². The molecule has 8 heteroatoms. The number of carbonyl (C=O) groups is 1. The van der Waals surface area contributed by atoms with Crippen molar-refractivity contribution in [3.63, 3.8) is 0 Å². The van der Waals surface area contributed by atoms with Crippen LogP contribution in [0, 0.1) is 17.0 Å². The van der Waals surface area contributed by atoms with E-state index in [9.17, 15) is 14.9 Å². The molecular weight excluding hydrogens is 288 g/mol. The van der Waals surface area contributed by atoms with Crippen LogP contribution in [0.4, 0.5) is 17.1 Å². The van der Waals surface area contributed by atoms with Crippen LogP contribution in [0.1, 0.15) is 12.5 Å². The molecule has 22 heavy (non-hydrogen) atoms. The summed E-state index contributed by atoms with van der Waals surface area (Å²) in [6.45, 7) is 3.02. The molecule has 2 aromatic rings. The van der Waals surface area contributed by atoms with Crippen LogP contribution in [0.5, 0.6) is 11.6 Å². The average molecular weight is 302 g/mol. The van der Waals surface area contributed by atoms with E-state index < -0.39 is 4.92 Å². The molecule has 0 aliphatic heterocycles. The molecule has 0 radical (unpaired) electrons. The van der Waals surface area contributed by atoms with Gasteiger partial charge in [0.1, 0.15) is 0 Å². The number of hydrogen-bond acceptors (Lipinski definition) is 6. The van der Waals surface area contributed by atoms with E-state index in [4.69, 9.17) is 10.5 Å². The number of nitrogens with one attached hydrogen (secondary N) is 1. The van der Waals surface area contributed by atoms with E-state index in [-0.39, 0.29) is 23.2 Å². The Morgan fingerprint density at radius 1 is 1.41 bits per heavy atom. The zero-order chi connectivity index (χ0) is 16.3. The number of aromatic nitrogens is 1. The van der Waals surface area contributed by atoms with Crippen molar-refractivity contribution in [1.82, 2.24) is 4.98 Å². The number of amides is 1. The van der Waals surface area contributed by atoms with Crippen LogP contribution in [0.15, 0.2) is 30.5 Å². The first-order chi connectivity index (χ1) is 10.4. The summed E-state index contributed by atoms with van der Waals surface area (Å²) < 4.78 is 5.49. The fourth-order valence-corrected chi connectivity index (χ4v) is 1.78. The Hall–Kier alpha value is -3.16. The van der Waals surface area contributed by atoms with E-state index in [1.54, 1.807) is 13.0 Å². The number of benzene rings is 1. The van der Waals surface area contributed by atoms with Crippen LogP contribution in [0.3, 0.4) is 0 Å². The standard InChI is InChI=1S/C14H14N4O4/c1-8-5-12(18(20)21)14(16-7-8)22-13-4-3-10(15)6-11(13)17-9(2)19/h3-7H,15H2,1-2H3,(H,17,19). The average Bonchev–Trinajstić information content (AvgIpc) is 2.42. The van der Waals surface area contributed by atoms with Gasteiger partial charge in [-0.25, -0.2) is 4.98 Å². The smallest absolute Gasteiger partial charge is 0.331 e. The molecule has 3 N–H and O–H groups in total. The minimum Gasteiger partial charge on any atom is -0.431 e.